The highest BCUT2D eigenvalue weighted by Crippen LogP contribution is 2.31. The molecular formula is C24H23N3O2S. The van der Waals surface area contributed by atoms with Gasteiger partial charge in [-0.15, -0.1) is 11.3 Å². The highest BCUT2D eigenvalue weighted by atomic mass is 32.1. The number of nitrogens with one attached hydrogen (secondary N) is 1. The van der Waals surface area contributed by atoms with E-state index < -0.39 is 0 Å². The lowest BCUT2D eigenvalue weighted by Crippen LogP contribution is -2.30. The molecular weight excluding hydrogens is 394 g/mol. The van der Waals surface area contributed by atoms with Crippen molar-refractivity contribution < 1.29 is 4.79 Å². The van der Waals surface area contributed by atoms with Crippen LogP contribution in [0.4, 0.5) is 5.69 Å². The predicted octanol–water partition coefficient (Wildman–Crippen LogP) is 5.00. The van der Waals surface area contributed by atoms with Crippen molar-refractivity contribution in [2.24, 2.45) is 0 Å². The average molecular weight is 418 g/mol. The quantitative estimate of drug-likeness (QED) is 0.508. The fourth-order valence-corrected chi connectivity index (χ4v) is 4.82. The number of rotatable bonds is 4. The van der Waals surface area contributed by atoms with Crippen molar-refractivity contribution >= 4 is 33.1 Å². The molecule has 0 aliphatic carbocycles. The van der Waals surface area contributed by atoms with Gasteiger partial charge in [-0.05, 0) is 50.5 Å². The second-order valence-electron chi connectivity index (χ2n) is 7.57. The van der Waals surface area contributed by atoms with Crippen LogP contribution in [0.15, 0.2) is 53.3 Å². The molecule has 0 atom stereocenters. The third kappa shape index (κ3) is 3.78. The third-order valence-electron chi connectivity index (χ3n) is 5.14. The number of amides is 1. The number of aromatic nitrogens is 2. The largest absolute Gasteiger partial charge is 0.324 e. The van der Waals surface area contributed by atoms with Gasteiger partial charge in [0, 0.05) is 10.6 Å². The highest BCUT2D eigenvalue weighted by Gasteiger charge is 2.16. The van der Waals surface area contributed by atoms with Gasteiger partial charge in [-0.2, -0.15) is 0 Å². The molecule has 0 aliphatic rings. The zero-order valence-corrected chi connectivity index (χ0v) is 18.3. The van der Waals surface area contributed by atoms with Gasteiger partial charge >= 0.3 is 0 Å². The lowest BCUT2D eigenvalue weighted by Gasteiger charge is -2.14. The molecule has 0 spiro atoms. The van der Waals surface area contributed by atoms with Crippen LogP contribution >= 0.6 is 11.3 Å². The molecule has 0 radical (unpaired) electrons. The Morgan fingerprint density at radius 1 is 1.03 bits per heavy atom. The normalized spacial score (nSPS) is 11.1. The van der Waals surface area contributed by atoms with Crippen LogP contribution in [-0.2, 0) is 11.3 Å². The average Bonchev–Trinajstić information content (AvgIpc) is 3.13. The molecule has 4 aromatic rings. The van der Waals surface area contributed by atoms with Gasteiger partial charge in [0.1, 0.15) is 17.2 Å². The second kappa shape index (κ2) is 7.88. The number of anilines is 1. The SMILES string of the molecule is Cc1cc(C)c(NC(=O)Cn2c(C)nc3sc(-c4ccccc4)cc3c2=O)c(C)c1. The Kier molecular flexibility index (Phi) is 5.26. The molecule has 6 heteroatoms. The first-order valence-electron chi connectivity index (χ1n) is 9.77. The molecule has 0 saturated heterocycles. The van der Waals surface area contributed by atoms with Crippen molar-refractivity contribution in [1.29, 1.82) is 0 Å². The molecule has 1 amide bonds. The van der Waals surface area contributed by atoms with Crippen LogP contribution in [-0.4, -0.2) is 15.5 Å². The monoisotopic (exact) mass is 417 g/mol. The minimum absolute atomic E-state index is 0.0725. The van der Waals surface area contributed by atoms with Gasteiger partial charge in [0.25, 0.3) is 5.56 Å². The van der Waals surface area contributed by atoms with E-state index in [0.717, 1.165) is 32.8 Å². The molecule has 0 fully saturated rings. The molecule has 2 aromatic heterocycles. The number of carbonyl (C=O) groups is 1. The summed E-state index contributed by atoms with van der Waals surface area (Å²) in [4.78, 5) is 32.1. The molecule has 5 nitrogen and oxygen atoms in total. The van der Waals surface area contributed by atoms with Crippen molar-refractivity contribution in [3.8, 4) is 10.4 Å². The lowest BCUT2D eigenvalue weighted by atomic mass is 10.1. The van der Waals surface area contributed by atoms with Crippen LogP contribution in [0.25, 0.3) is 20.7 Å². The molecule has 30 heavy (non-hydrogen) atoms. The van der Waals surface area contributed by atoms with E-state index in [1.807, 2.05) is 69.3 Å². The topological polar surface area (TPSA) is 64.0 Å². The lowest BCUT2D eigenvalue weighted by molar-refractivity contribution is -0.116. The molecule has 0 aliphatic heterocycles. The summed E-state index contributed by atoms with van der Waals surface area (Å²) in [5, 5.41) is 3.51. The third-order valence-corrected chi connectivity index (χ3v) is 6.22. The molecule has 2 heterocycles. The summed E-state index contributed by atoms with van der Waals surface area (Å²) in [6.07, 6.45) is 0. The summed E-state index contributed by atoms with van der Waals surface area (Å²) >= 11 is 1.49. The Labute approximate surface area is 179 Å². The van der Waals surface area contributed by atoms with E-state index in [1.165, 1.54) is 15.9 Å². The number of carbonyl (C=O) groups excluding carboxylic acids is 1. The summed E-state index contributed by atoms with van der Waals surface area (Å²) in [6.45, 7) is 7.66. The molecule has 152 valence electrons. The first kappa shape index (κ1) is 20.0. The number of nitrogens with zero attached hydrogens (tertiary/aromatic N) is 2. The van der Waals surface area contributed by atoms with E-state index in [9.17, 15) is 9.59 Å². The molecule has 0 unspecified atom stereocenters. The number of hydrogen-bond acceptors (Lipinski definition) is 4. The second-order valence-corrected chi connectivity index (χ2v) is 8.60. The summed E-state index contributed by atoms with van der Waals surface area (Å²) < 4.78 is 1.44. The van der Waals surface area contributed by atoms with E-state index in [4.69, 9.17) is 0 Å². The number of aryl methyl sites for hydroxylation is 4. The van der Waals surface area contributed by atoms with Crippen LogP contribution in [0, 0.1) is 27.7 Å². The van der Waals surface area contributed by atoms with E-state index in [1.54, 1.807) is 6.92 Å². The smallest absolute Gasteiger partial charge is 0.262 e. The molecule has 2 aromatic carbocycles. The van der Waals surface area contributed by atoms with Gasteiger partial charge in [-0.25, -0.2) is 4.98 Å². The van der Waals surface area contributed by atoms with E-state index in [0.29, 0.717) is 16.0 Å². The maximum absolute atomic E-state index is 13.1. The highest BCUT2D eigenvalue weighted by molar-refractivity contribution is 7.21. The standard InChI is InChI=1S/C24H23N3O2S/c1-14-10-15(2)22(16(3)11-14)26-21(28)13-27-17(4)25-23-19(24(27)29)12-20(30-23)18-8-6-5-7-9-18/h5-12H,13H2,1-4H3,(H,26,28). The Hall–Kier alpha value is -3.25. The van der Waals surface area contributed by atoms with E-state index >= 15 is 0 Å². The van der Waals surface area contributed by atoms with Gasteiger partial charge in [-0.3, -0.25) is 14.2 Å². The van der Waals surface area contributed by atoms with E-state index in [-0.39, 0.29) is 18.0 Å². The fourth-order valence-electron chi connectivity index (χ4n) is 3.75. The zero-order chi connectivity index (χ0) is 21.4. The number of benzene rings is 2. The maximum Gasteiger partial charge on any atom is 0.262 e. The Morgan fingerprint density at radius 3 is 2.37 bits per heavy atom. The van der Waals surface area contributed by atoms with Gasteiger partial charge < -0.3 is 5.32 Å². The summed E-state index contributed by atoms with van der Waals surface area (Å²) in [5.74, 6) is 0.288. The first-order valence-corrected chi connectivity index (χ1v) is 10.6. The number of thiophene rings is 1. The minimum atomic E-state index is -0.241. The van der Waals surface area contributed by atoms with Crippen LogP contribution in [0.2, 0.25) is 0 Å². The van der Waals surface area contributed by atoms with Gasteiger partial charge in [0.15, 0.2) is 0 Å². The van der Waals surface area contributed by atoms with Crippen LogP contribution in [0.1, 0.15) is 22.5 Å². The van der Waals surface area contributed by atoms with Crippen molar-refractivity contribution in [3.05, 3.63) is 81.4 Å². The molecule has 1 N–H and O–H groups in total. The van der Waals surface area contributed by atoms with Gasteiger partial charge in [0.05, 0.1) is 5.39 Å². The Morgan fingerprint density at radius 2 is 1.70 bits per heavy atom. The Balaban J connectivity index is 1.66. The number of hydrogen-bond donors (Lipinski definition) is 1. The van der Waals surface area contributed by atoms with Crippen molar-refractivity contribution in [2.45, 2.75) is 34.2 Å². The zero-order valence-electron chi connectivity index (χ0n) is 17.4. The summed E-state index contributed by atoms with van der Waals surface area (Å²) in [5.41, 5.74) is 4.81. The van der Waals surface area contributed by atoms with Gasteiger partial charge in [-0.1, -0.05) is 48.0 Å². The Bertz CT molecular complexity index is 1300. The number of fused-ring (bicyclic) bond motifs is 1. The van der Waals surface area contributed by atoms with Gasteiger partial charge in [0.2, 0.25) is 5.91 Å². The van der Waals surface area contributed by atoms with Crippen molar-refractivity contribution in [2.75, 3.05) is 5.32 Å². The summed E-state index contributed by atoms with van der Waals surface area (Å²) in [6, 6.07) is 15.8. The molecule has 4 rings (SSSR count). The van der Waals surface area contributed by atoms with Crippen molar-refractivity contribution in [3.63, 3.8) is 0 Å². The maximum atomic E-state index is 13.1. The molecule has 0 saturated carbocycles. The molecule has 0 bridgehead atoms. The predicted molar refractivity (Wildman–Crippen MR) is 123 cm³/mol. The van der Waals surface area contributed by atoms with E-state index in [2.05, 4.69) is 10.3 Å². The van der Waals surface area contributed by atoms with Crippen molar-refractivity contribution in [1.82, 2.24) is 9.55 Å². The van der Waals surface area contributed by atoms with Crippen LogP contribution in [0.3, 0.4) is 0 Å². The van der Waals surface area contributed by atoms with Crippen LogP contribution in [0.5, 0.6) is 0 Å². The fraction of sp³-hybridized carbons (Fsp3) is 0.208. The summed E-state index contributed by atoms with van der Waals surface area (Å²) in [7, 11) is 0. The van der Waals surface area contributed by atoms with Crippen LogP contribution < -0.4 is 10.9 Å². The first-order chi connectivity index (χ1) is 14.3. The minimum Gasteiger partial charge on any atom is -0.324 e.